The van der Waals surface area contributed by atoms with Crippen LogP contribution >= 0.6 is 0 Å². The van der Waals surface area contributed by atoms with Crippen molar-refractivity contribution in [1.29, 1.82) is 0 Å². The molecule has 0 unspecified atom stereocenters. The molecule has 1 aliphatic carbocycles. The molecule has 1 N–H and O–H groups in total. The first-order chi connectivity index (χ1) is 9.69. The van der Waals surface area contributed by atoms with Gasteiger partial charge in [0.05, 0.1) is 0 Å². The van der Waals surface area contributed by atoms with E-state index in [0.717, 1.165) is 6.42 Å². The molecule has 0 radical (unpaired) electrons. The first-order valence-corrected chi connectivity index (χ1v) is 6.78. The molecule has 2 rings (SSSR count). The van der Waals surface area contributed by atoms with Crippen LogP contribution in [-0.2, 0) is 14.3 Å². The Morgan fingerprint density at radius 2 is 2.00 bits per heavy atom. The Bertz CT molecular complexity index is 456. The minimum absolute atomic E-state index is 0.341. The SMILES string of the molecule is CN[C@@H](CC1CC1)C(=O)OCC(=O)Oc1ccccc1. The highest BCUT2D eigenvalue weighted by atomic mass is 16.6. The molecule has 0 aliphatic heterocycles. The Morgan fingerprint density at radius 1 is 1.30 bits per heavy atom. The Labute approximate surface area is 118 Å². The van der Waals surface area contributed by atoms with E-state index in [2.05, 4.69) is 5.32 Å². The fourth-order valence-corrected chi connectivity index (χ4v) is 1.90. The van der Waals surface area contributed by atoms with Gasteiger partial charge in [-0.1, -0.05) is 31.0 Å². The molecular weight excluding hydrogens is 258 g/mol. The standard InChI is InChI=1S/C15H19NO4/c1-16-13(9-11-7-8-11)15(18)19-10-14(17)20-12-5-3-2-4-6-12/h2-6,11,13,16H,7-10H2,1H3/t13-/m0/s1. The number of benzene rings is 1. The summed E-state index contributed by atoms with van der Waals surface area (Å²) in [5, 5.41) is 2.92. The van der Waals surface area contributed by atoms with E-state index < -0.39 is 11.9 Å². The lowest BCUT2D eigenvalue weighted by Crippen LogP contribution is -2.37. The van der Waals surface area contributed by atoms with Gasteiger partial charge in [0.1, 0.15) is 11.8 Å². The number of ether oxygens (including phenoxy) is 2. The third kappa shape index (κ3) is 4.66. The van der Waals surface area contributed by atoms with E-state index in [1.54, 1.807) is 31.3 Å². The molecule has 1 atom stereocenters. The number of hydrogen-bond donors (Lipinski definition) is 1. The third-order valence-corrected chi connectivity index (χ3v) is 3.21. The average molecular weight is 277 g/mol. The maximum atomic E-state index is 11.8. The van der Waals surface area contributed by atoms with Crippen LogP contribution in [0.2, 0.25) is 0 Å². The monoisotopic (exact) mass is 277 g/mol. The molecule has 0 aromatic heterocycles. The number of para-hydroxylation sites is 1. The van der Waals surface area contributed by atoms with Gasteiger partial charge in [0.25, 0.3) is 0 Å². The molecule has 1 aliphatic rings. The molecule has 0 amide bonds. The molecule has 20 heavy (non-hydrogen) atoms. The Morgan fingerprint density at radius 3 is 2.60 bits per heavy atom. The van der Waals surface area contributed by atoms with Gasteiger partial charge in [-0.25, -0.2) is 4.79 Å². The summed E-state index contributed by atoms with van der Waals surface area (Å²) in [5.41, 5.74) is 0. The summed E-state index contributed by atoms with van der Waals surface area (Å²) in [4.78, 5) is 23.3. The number of nitrogens with one attached hydrogen (secondary N) is 1. The number of rotatable bonds is 7. The quantitative estimate of drug-likeness (QED) is 0.605. The second kappa shape index (κ2) is 7.05. The molecule has 0 saturated heterocycles. The fourth-order valence-electron chi connectivity index (χ4n) is 1.90. The van der Waals surface area contributed by atoms with Crippen LogP contribution in [0.3, 0.4) is 0 Å². The average Bonchev–Trinajstić information content (AvgIpc) is 3.27. The van der Waals surface area contributed by atoms with Crippen molar-refractivity contribution in [2.24, 2.45) is 5.92 Å². The molecule has 5 heteroatoms. The van der Waals surface area contributed by atoms with Crippen LogP contribution in [0.15, 0.2) is 30.3 Å². The van der Waals surface area contributed by atoms with Gasteiger partial charge in [0, 0.05) is 0 Å². The van der Waals surface area contributed by atoms with E-state index in [-0.39, 0.29) is 12.6 Å². The third-order valence-electron chi connectivity index (χ3n) is 3.21. The predicted octanol–water partition coefficient (Wildman–Crippen LogP) is 1.52. The van der Waals surface area contributed by atoms with Gasteiger partial charge in [-0.05, 0) is 31.5 Å². The van der Waals surface area contributed by atoms with Crippen LogP contribution in [0.4, 0.5) is 0 Å². The summed E-state index contributed by atoms with van der Waals surface area (Å²) in [7, 11) is 1.72. The van der Waals surface area contributed by atoms with Crippen molar-refractivity contribution < 1.29 is 19.1 Å². The lowest BCUT2D eigenvalue weighted by molar-refractivity contribution is -0.155. The smallest absolute Gasteiger partial charge is 0.349 e. The molecule has 0 bridgehead atoms. The second-order valence-electron chi connectivity index (χ2n) is 4.92. The van der Waals surface area contributed by atoms with Crippen LogP contribution < -0.4 is 10.1 Å². The van der Waals surface area contributed by atoms with Crippen molar-refractivity contribution in [2.45, 2.75) is 25.3 Å². The first kappa shape index (κ1) is 14.5. The number of esters is 2. The lowest BCUT2D eigenvalue weighted by Gasteiger charge is -2.14. The fraction of sp³-hybridized carbons (Fsp3) is 0.467. The van der Waals surface area contributed by atoms with Crippen LogP contribution in [0.25, 0.3) is 0 Å². The van der Waals surface area contributed by atoms with Gasteiger partial charge in [0.15, 0.2) is 6.61 Å². The number of carbonyl (C=O) groups excluding carboxylic acids is 2. The second-order valence-corrected chi connectivity index (χ2v) is 4.92. The van der Waals surface area contributed by atoms with Gasteiger partial charge in [-0.3, -0.25) is 4.79 Å². The summed E-state index contributed by atoms with van der Waals surface area (Å²) >= 11 is 0. The molecule has 108 valence electrons. The summed E-state index contributed by atoms with van der Waals surface area (Å²) in [6.07, 6.45) is 3.10. The highest BCUT2D eigenvalue weighted by Crippen LogP contribution is 2.33. The molecule has 1 fully saturated rings. The maximum Gasteiger partial charge on any atom is 0.349 e. The largest absolute Gasteiger partial charge is 0.452 e. The minimum atomic E-state index is -0.578. The van der Waals surface area contributed by atoms with Gasteiger partial charge in [-0.2, -0.15) is 0 Å². The van der Waals surface area contributed by atoms with Crippen molar-refractivity contribution >= 4 is 11.9 Å². The lowest BCUT2D eigenvalue weighted by atomic mass is 10.1. The van der Waals surface area contributed by atoms with Crippen LogP contribution in [0, 0.1) is 5.92 Å². The highest BCUT2D eigenvalue weighted by molar-refractivity contribution is 5.80. The minimum Gasteiger partial charge on any atom is -0.452 e. The molecule has 1 aromatic carbocycles. The van der Waals surface area contributed by atoms with Crippen molar-refractivity contribution in [3.8, 4) is 5.75 Å². The van der Waals surface area contributed by atoms with Crippen LogP contribution in [0.5, 0.6) is 5.75 Å². The van der Waals surface area contributed by atoms with E-state index in [9.17, 15) is 9.59 Å². The van der Waals surface area contributed by atoms with E-state index in [4.69, 9.17) is 9.47 Å². The zero-order chi connectivity index (χ0) is 14.4. The van der Waals surface area contributed by atoms with Gasteiger partial charge >= 0.3 is 11.9 Å². The highest BCUT2D eigenvalue weighted by Gasteiger charge is 2.29. The zero-order valence-electron chi connectivity index (χ0n) is 11.5. The summed E-state index contributed by atoms with van der Waals surface area (Å²) in [6, 6.07) is 8.36. The van der Waals surface area contributed by atoms with Crippen molar-refractivity contribution in [3.63, 3.8) is 0 Å². The number of carbonyl (C=O) groups is 2. The van der Waals surface area contributed by atoms with E-state index in [0.29, 0.717) is 11.7 Å². The van der Waals surface area contributed by atoms with Gasteiger partial charge in [-0.15, -0.1) is 0 Å². The van der Waals surface area contributed by atoms with Crippen molar-refractivity contribution in [3.05, 3.63) is 30.3 Å². The van der Waals surface area contributed by atoms with Crippen molar-refractivity contribution in [2.75, 3.05) is 13.7 Å². The predicted molar refractivity (Wildman–Crippen MR) is 73.2 cm³/mol. The normalized spacial score (nSPS) is 15.4. The van der Waals surface area contributed by atoms with Gasteiger partial charge in [0.2, 0.25) is 0 Å². The van der Waals surface area contributed by atoms with E-state index in [1.165, 1.54) is 12.8 Å². The molecule has 1 saturated carbocycles. The number of likely N-dealkylation sites (N-methyl/N-ethyl adjacent to an activating group) is 1. The zero-order valence-corrected chi connectivity index (χ0v) is 11.5. The van der Waals surface area contributed by atoms with E-state index in [1.807, 2.05) is 6.07 Å². The Balaban J connectivity index is 1.72. The molecule has 0 spiro atoms. The summed E-state index contributed by atoms with van der Waals surface area (Å²) < 4.78 is 10.0. The topological polar surface area (TPSA) is 64.6 Å². The maximum absolute atomic E-state index is 11.8. The van der Waals surface area contributed by atoms with Crippen LogP contribution in [0.1, 0.15) is 19.3 Å². The van der Waals surface area contributed by atoms with Crippen LogP contribution in [-0.4, -0.2) is 31.6 Å². The molecule has 5 nitrogen and oxygen atoms in total. The Kier molecular flexibility index (Phi) is 5.12. The molecule has 1 aromatic rings. The van der Waals surface area contributed by atoms with E-state index >= 15 is 0 Å². The van der Waals surface area contributed by atoms with Gasteiger partial charge < -0.3 is 14.8 Å². The number of hydrogen-bond acceptors (Lipinski definition) is 5. The molecular formula is C15H19NO4. The Hall–Kier alpha value is -1.88. The summed E-state index contributed by atoms with van der Waals surface area (Å²) in [6.45, 7) is -0.365. The molecule has 0 heterocycles. The first-order valence-electron chi connectivity index (χ1n) is 6.78. The summed E-state index contributed by atoms with van der Waals surface area (Å²) in [5.74, 6) is 0.0724. The van der Waals surface area contributed by atoms with Crippen molar-refractivity contribution in [1.82, 2.24) is 5.32 Å².